The molecule has 24 heavy (non-hydrogen) atoms. The molecule has 0 radical (unpaired) electrons. The average molecular weight is 325 g/mol. The number of nitrogens with zero attached hydrogens (tertiary/aromatic N) is 2. The second-order valence-electron chi connectivity index (χ2n) is 9.19. The Kier molecular flexibility index (Phi) is 3.53. The highest BCUT2D eigenvalue weighted by molar-refractivity contribution is 5.62. The van der Waals surface area contributed by atoms with E-state index in [-0.39, 0.29) is 0 Å². The molecule has 1 aromatic rings. The zero-order valence-corrected chi connectivity index (χ0v) is 16.1. The number of rotatable bonds is 2. The van der Waals surface area contributed by atoms with Crippen LogP contribution >= 0.6 is 0 Å². The van der Waals surface area contributed by atoms with Crippen molar-refractivity contribution in [1.82, 2.24) is 4.90 Å². The SMILES string of the molecule is Cc1cc(C)c(N2C=CN(C3C[C@@H]4C[C@H]([C@H]3C)C4(C)C)C2)c(C)c1. The van der Waals surface area contributed by atoms with Crippen molar-refractivity contribution in [2.45, 2.75) is 60.4 Å². The van der Waals surface area contributed by atoms with Gasteiger partial charge in [-0.1, -0.05) is 38.5 Å². The first-order chi connectivity index (χ1) is 11.3. The Labute approximate surface area is 147 Å². The Bertz CT molecular complexity index is 664. The predicted octanol–water partition coefficient (Wildman–Crippen LogP) is 5.23. The zero-order valence-electron chi connectivity index (χ0n) is 16.1. The van der Waals surface area contributed by atoms with Gasteiger partial charge in [-0.15, -0.1) is 0 Å². The summed E-state index contributed by atoms with van der Waals surface area (Å²) in [5.41, 5.74) is 6.10. The van der Waals surface area contributed by atoms with Crippen LogP contribution in [-0.2, 0) is 0 Å². The molecule has 2 heteroatoms. The van der Waals surface area contributed by atoms with Gasteiger partial charge < -0.3 is 9.80 Å². The summed E-state index contributed by atoms with van der Waals surface area (Å²) >= 11 is 0. The lowest BCUT2D eigenvalue weighted by Crippen LogP contribution is -2.60. The highest BCUT2D eigenvalue weighted by Crippen LogP contribution is 2.62. The lowest BCUT2D eigenvalue weighted by Gasteiger charge is -2.63. The molecular weight excluding hydrogens is 292 g/mol. The maximum absolute atomic E-state index is 2.61. The Morgan fingerprint density at radius 2 is 1.67 bits per heavy atom. The van der Waals surface area contributed by atoms with Crippen LogP contribution in [0.3, 0.4) is 0 Å². The van der Waals surface area contributed by atoms with Crippen LogP contribution in [0.2, 0.25) is 0 Å². The van der Waals surface area contributed by atoms with E-state index < -0.39 is 0 Å². The molecule has 0 N–H and O–H groups in total. The molecule has 1 heterocycles. The molecule has 3 aliphatic carbocycles. The van der Waals surface area contributed by atoms with E-state index >= 15 is 0 Å². The van der Waals surface area contributed by atoms with E-state index in [4.69, 9.17) is 0 Å². The Hall–Kier alpha value is -1.44. The van der Waals surface area contributed by atoms with Crippen LogP contribution in [0.15, 0.2) is 24.5 Å². The van der Waals surface area contributed by atoms with Crippen molar-refractivity contribution in [2.75, 3.05) is 11.6 Å². The minimum Gasteiger partial charge on any atom is -0.355 e. The van der Waals surface area contributed by atoms with E-state index in [9.17, 15) is 0 Å². The first kappa shape index (κ1) is 16.1. The fourth-order valence-electron chi connectivity index (χ4n) is 5.98. The molecule has 0 amide bonds. The van der Waals surface area contributed by atoms with E-state index in [0.717, 1.165) is 24.4 Å². The van der Waals surface area contributed by atoms with Gasteiger partial charge in [0.15, 0.2) is 0 Å². The monoisotopic (exact) mass is 324 g/mol. The van der Waals surface area contributed by atoms with Gasteiger partial charge in [0.25, 0.3) is 0 Å². The first-order valence-corrected chi connectivity index (χ1v) is 9.57. The molecule has 5 rings (SSSR count). The molecule has 3 saturated carbocycles. The molecule has 2 nitrogen and oxygen atoms in total. The molecule has 0 aromatic heterocycles. The van der Waals surface area contributed by atoms with Crippen molar-refractivity contribution in [3.63, 3.8) is 0 Å². The van der Waals surface area contributed by atoms with E-state index in [0.29, 0.717) is 11.5 Å². The summed E-state index contributed by atoms with van der Waals surface area (Å²) < 4.78 is 0. The highest BCUT2D eigenvalue weighted by atomic mass is 15.4. The van der Waals surface area contributed by atoms with Gasteiger partial charge in [0.1, 0.15) is 0 Å². The van der Waals surface area contributed by atoms with E-state index in [1.165, 1.54) is 35.2 Å². The van der Waals surface area contributed by atoms with Gasteiger partial charge in [-0.3, -0.25) is 0 Å². The first-order valence-electron chi connectivity index (χ1n) is 9.57. The molecular formula is C22H32N2. The van der Waals surface area contributed by atoms with Crippen LogP contribution < -0.4 is 4.90 Å². The minimum atomic E-state index is 0.573. The van der Waals surface area contributed by atoms with Crippen molar-refractivity contribution in [1.29, 1.82) is 0 Å². The van der Waals surface area contributed by atoms with Crippen LogP contribution in [0.25, 0.3) is 0 Å². The van der Waals surface area contributed by atoms with Crippen molar-refractivity contribution < 1.29 is 0 Å². The fourth-order valence-corrected chi connectivity index (χ4v) is 5.98. The van der Waals surface area contributed by atoms with Crippen LogP contribution in [0.5, 0.6) is 0 Å². The number of aryl methyl sites for hydroxylation is 3. The summed E-state index contributed by atoms with van der Waals surface area (Å²) in [6.45, 7) is 15.2. The molecule has 1 unspecified atom stereocenters. The summed E-state index contributed by atoms with van der Waals surface area (Å²) in [6, 6.07) is 5.33. The third kappa shape index (κ3) is 2.22. The number of anilines is 1. The van der Waals surface area contributed by atoms with E-state index in [1.54, 1.807) is 0 Å². The number of fused-ring (bicyclic) bond motifs is 2. The van der Waals surface area contributed by atoms with Crippen molar-refractivity contribution >= 4 is 5.69 Å². The molecule has 1 aliphatic heterocycles. The second-order valence-corrected chi connectivity index (χ2v) is 9.19. The van der Waals surface area contributed by atoms with Gasteiger partial charge in [0.2, 0.25) is 0 Å². The standard InChI is InChI=1S/C22H32N2/c1-14-9-15(2)21(16(3)10-14)24-8-7-23(13-24)20-12-18-11-19(17(20)4)22(18,5)6/h7-10,17-20H,11-13H2,1-6H3/t17-,18+,19-,20?/m1/s1. The van der Waals surface area contributed by atoms with Gasteiger partial charge in [0.05, 0.1) is 6.67 Å². The largest absolute Gasteiger partial charge is 0.355 e. The van der Waals surface area contributed by atoms with Crippen LogP contribution in [0.1, 0.15) is 50.3 Å². The molecule has 130 valence electrons. The normalized spacial score (nSPS) is 33.8. The predicted molar refractivity (Wildman–Crippen MR) is 102 cm³/mol. The molecule has 3 fully saturated rings. The second kappa shape index (κ2) is 5.28. The molecule has 2 bridgehead atoms. The summed E-state index contributed by atoms with van der Waals surface area (Å²) in [4.78, 5) is 5.06. The van der Waals surface area contributed by atoms with Crippen molar-refractivity contribution in [2.24, 2.45) is 23.2 Å². The molecule has 0 saturated heterocycles. The van der Waals surface area contributed by atoms with Crippen LogP contribution in [-0.4, -0.2) is 17.6 Å². The van der Waals surface area contributed by atoms with Crippen LogP contribution in [0, 0.1) is 43.9 Å². The van der Waals surface area contributed by atoms with Gasteiger partial charge in [0, 0.05) is 24.1 Å². The molecule has 4 aliphatic rings. The quantitative estimate of drug-likeness (QED) is 0.734. The lowest BCUT2D eigenvalue weighted by atomic mass is 9.44. The number of hydrogen-bond donors (Lipinski definition) is 0. The highest BCUT2D eigenvalue weighted by Gasteiger charge is 2.57. The van der Waals surface area contributed by atoms with Gasteiger partial charge >= 0.3 is 0 Å². The summed E-state index contributed by atoms with van der Waals surface area (Å²) in [6.07, 6.45) is 7.47. The van der Waals surface area contributed by atoms with Crippen LogP contribution in [0.4, 0.5) is 5.69 Å². The van der Waals surface area contributed by atoms with Crippen molar-refractivity contribution in [3.8, 4) is 0 Å². The Morgan fingerprint density at radius 3 is 2.25 bits per heavy atom. The maximum atomic E-state index is 2.61. The summed E-state index contributed by atoms with van der Waals surface area (Å²) in [5.74, 6) is 2.63. The third-order valence-electron chi connectivity index (χ3n) is 7.42. The fraction of sp³-hybridized carbons (Fsp3) is 0.636. The van der Waals surface area contributed by atoms with Gasteiger partial charge in [-0.05, 0) is 67.9 Å². The van der Waals surface area contributed by atoms with Gasteiger partial charge in [-0.25, -0.2) is 0 Å². The number of hydrogen-bond acceptors (Lipinski definition) is 2. The Balaban J connectivity index is 1.52. The minimum absolute atomic E-state index is 0.573. The molecule has 4 atom stereocenters. The third-order valence-corrected chi connectivity index (χ3v) is 7.42. The molecule has 0 spiro atoms. The maximum Gasteiger partial charge on any atom is 0.0945 e. The summed E-state index contributed by atoms with van der Waals surface area (Å²) in [5, 5.41) is 0. The molecule has 1 aromatic carbocycles. The average Bonchev–Trinajstić information content (AvgIpc) is 2.95. The zero-order chi connectivity index (χ0) is 17.2. The smallest absolute Gasteiger partial charge is 0.0945 e. The van der Waals surface area contributed by atoms with Gasteiger partial charge in [-0.2, -0.15) is 0 Å². The number of benzene rings is 1. The Morgan fingerprint density at radius 1 is 1.00 bits per heavy atom. The topological polar surface area (TPSA) is 6.48 Å². The van der Waals surface area contributed by atoms with E-state index in [1.807, 2.05) is 0 Å². The van der Waals surface area contributed by atoms with E-state index in [2.05, 4.69) is 75.9 Å². The van der Waals surface area contributed by atoms with Crippen molar-refractivity contribution in [3.05, 3.63) is 41.2 Å². The summed E-state index contributed by atoms with van der Waals surface area (Å²) in [7, 11) is 0. The lowest BCUT2D eigenvalue weighted by molar-refractivity contribution is -0.131.